The van der Waals surface area contributed by atoms with Crippen LogP contribution in [0.25, 0.3) is 11.5 Å². The number of oxazole rings is 1. The van der Waals surface area contributed by atoms with Crippen molar-refractivity contribution in [3.8, 4) is 11.5 Å². The van der Waals surface area contributed by atoms with Crippen LogP contribution in [-0.4, -0.2) is 40.0 Å². The third kappa shape index (κ3) is 3.32. The number of carbonyl (C=O) groups is 2. The summed E-state index contributed by atoms with van der Waals surface area (Å²) in [7, 11) is 0. The van der Waals surface area contributed by atoms with Crippen LogP contribution in [0.4, 0.5) is 5.69 Å². The van der Waals surface area contributed by atoms with E-state index in [2.05, 4.69) is 10.3 Å². The van der Waals surface area contributed by atoms with Crippen molar-refractivity contribution in [2.24, 2.45) is 0 Å². The first-order valence-corrected chi connectivity index (χ1v) is 8.05. The maximum atomic E-state index is 12.2. The Labute approximate surface area is 145 Å². The highest BCUT2D eigenvalue weighted by Crippen LogP contribution is 2.26. The Balaban J connectivity index is 1.82. The van der Waals surface area contributed by atoms with Crippen molar-refractivity contribution < 1.29 is 19.1 Å². The number of aromatic nitrogens is 1. The number of amides is 2. The van der Waals surface area contributed by atoms with E-state index in [4.69, 9.17) is 9.52 Å². The number of anilines is 1. The third-order valence-corrected chi connectivity index (χ3v) is 3.95. The van der Waals surface area contributed by atoms with E-state index >= 15 is 0 Å². The van der Waals surface area contributed by atoms with Crippen LogP contribution >= 0.6 is 0 Å². The van der Waals surface area contributed by atoms with Gasteiger partial charge in [0.15, 0.2) is 0 Å². The first-order valence-electron chi connectivity index (χ1n) is 8.05. The zero-order valence-electron chi connectivity index (χ0n) is 14.1. The predicted molar refractivity (Wildman–Crippen MR) is 91.6 cm³/mol. The summed E-state index contributed by atoms with van der Waals surface area (Å²) in [6, 6.07) is 7.27. The molecule has 1 aromatic heterocycles. The van der Waals surface area contributed by atoms with Gasteiger partial charge in [0, 0.05) is 17.3 Å². The lowest BCUT2D eigenvalue weighted by atomic mass is 10.2. The third-order valence-electron chi connectivity index (χ3n) is 3.95. The minimum Gasteiger partial charge on any atom is -0.441 e. The van der Waals surface area contributed by atoms with E-state index in [1.54, 1.807) is 12.1 Å². The summed E-state index contributed by atoms with van der Waals surface area (Å²) in [4.78, 5) is 29.4. The molecule has 7 nitrogen and oxygen atoms in total. The largest absolute Gasteiger partial charge is 0.441 e. The molecular formula is C18H19N3O4. The second-order valence-corrected chi connectivity index (χ2v) is 5.66. The molecule has 0 spiro atoms. The van der Waals surface area contributed by atoms with Crippen LogP contribution in [0.2, 0.25) is 0 Å². The standard InChI is InChI=1S/C18H19N3O4/c1-3-14-11(2)25-17(20-14)12-5-4-6-13(9-12)19-15-10-16(23)21(7-8-22)18(15)24/h4-6,9-10,19,22H,3,7-8H2,1-2H3. The number of β-amino-alcohol motifs (C(OH)–C–C–N with tert-alkyl or cyclic N) is 1. The lowest BCUT2D eigenvalue weighted by Gasteiger charge is -2.13. The molecule has 7 heteroatoms. The van der Waals surface area contributed by atoms with Gasteiger partial charge in [0.05, 0.1) is 18.8 Å². The number of rotatable bonds is 6. The number of aryl methyl sites for hydroxylation is 2. The average molecular weight is 341 g/mol. The SMILES string of the molecule is CCc1nc(-c2cccc(NC3=CC(=O)N(CCO)C3=O)c2)oc1C. The molecule has 130 valence electrons. The zero-order valence-corrected chi connectivity index (χ0v) is 14.1. The first kappa shape index (κ1) is 16.9. The van der Waals surface area contributed by atoms with Gasteiger partial charge < -0.3 is 14.8 Å². The van der Waals surface area contributed by atoms with E-state index in [0.717, 1.165) is 28.3 Å². The van der Waals surface area contributed by atoms with Crippen molar-refractivity contribution in [3.63, 3.8) is 0 Å². The van der Waals surface area contributed by atoms with Gasteiger partial charge >= 0.3 is 0 Å². The number of aliphatic hydroxyl groups is 1. The number of nitrogens with zero attached hydrogens (tertiary/aromatic N) is 2. The Hall–Kier alpha value is -2.93. The highest BCUT2D eigenvalue weighted by atomic mass is 16.4. The quantitative estimate of drug-likeness (QED) is 0.779. The molecule has 2 amide bonds. The van der Waals surface area contributed by atoms with E-state index in [-0.39, 0.29) is 18.8 Å². The van der Waals surface area contributed by atoms with Crippen molar-refractivity contribution in [3.05, 3.63) is 47.5 Å². The molecule has 25 heavy (non-hydrogen) atoms. The predicted octanol–water partition coefficient (Wildman–Crippen LogP) is 1.87. The number of aliphatic hydroxyl groups excluding tert-OH is 1. The van der Waals surface area contributed by atoms with Gasteiger partial charge in [-0.2, -0.15) is 0 Å². The van der Waals surface area contributed by atoms with Crippen molar-refractivity contribution in [2.75, 3.05) is 18.5 Å². The van der Waals surface area contributed by atoms with Gasteiger partial charge in [0.2, 0.25) is 5.89 Å². The molecule has 1 aliphatic heterocycles. The molecule has 2 aromatic rings. The van der Waals surface area contributed by atoms with E-state index < -0.39 is 11.8 Å². The Kier molecular flexibility index (Phi) is 4.67. The molecule has 0 fully saturated rings. The number of hydrogen-bond donors (Lipinski definition) is 2. The fraction of sp³-hybridized carbons (Fsp3) is 0.278. The second kappa shape index (κ2) is 6.90. The maximum absolute atomic E-state index is 12.2. The average Bonchev–Trinajstić information content (AvgIpc) is 3.10. The molecule has 1 aromatic carbocycles. The highest BCUT2D eigenvalue weighted by molar-refractivity contribution is 6.17. The minimum absolute atomic E-state index is 0.0191. The van der Waals surface area contributed by atoms with Gasteiger partial charge in [0.1, 0.15) is 11.5 Å². The van der Waals surface area contributed by atoms with Crippen LogP contribution in [0, 0.1) is 6.92 Å². The monoisotopic (exact) mass is 341 g/mol. The fourth-order valence-electron chi connectivity index (χ4n) is 2.67. The van der Waals surface area contributed by atoms with Crippen LogP contribution in [0.5, 0.6) is 0 Å². The summed E-state index contributed by atoms with van der Waals surface area (Å²) < 4.78 is 5.69. The smallest absolute Gasteiger partial charge is 0.277 e. The lowest BCUT2D eigenvalue weighted by molar-refractivity contribution is -0.137. The number of benzene rings is 1. The molecule has 2 N–H and O–H groups in total. The van der Waals surface area contributed by atoms with E-state index in [1.165, 1.54) is 6.08 Å². The van der Waals surface area contributed by atoms with Gasteiger partial charge in [0.25, 0.3) is 11.8 Å². The Morgan fingerprint density at radius 2 is 2.12 bits per heavy atom. The number of hydrogen-bond acceptors (Lipinski definition) is 6. The Morgan fingerprint density at radius 3 is 2.80 bits per heavy atom. The van der Waals surface area contributed by atoms with E-state index in [9.17, 15) is 9.59 Å². The normalized spacial score (nSPS) is 14.2. The molecular weight excluding hydrogens is 322 g/mol. The molecule has 0 atom stereocenters. The summed E-state index contributed by atoms with van der Waals surface area (Å²) >= 11 is 0. The Morgan fingerprint density at radius 1 is 1.32 bits per heavy atom. The minimum atomic E-state index is -0.454. The summed E-state index contributed by atoms with van der Waals surface area (Å²) in [5, 5.41) is 11.9. The van der Waals surface area contributed by atoms with Crippen LogP contribution < -0.4 is 5.32 Å². The number of imide groups is 1. The van der Waals surface area contributed by atoms with Crippen molar-refractivity contribution >= 4 is 17.5 Å². The van der Waals surface area contributed by atoms with E-state index in [0.29, 0.717) is 11.6 Å². The van der Waals surface area contributed by atoms with Gasteiger partial charge in [-0.25, -0.2) is 4.98 Å². The van der Waals surface area contributed by atoms with Crippen LogP contribution in [0.3, 0.4) is 0 Å². The van der Waals surface area contributed by atoms with Gasteiger partial charge in [-0.05, 0) is 31.5 Å². The van der Waals surface area contributed by atoms with E-state index in [1.807, 2.05) is 26.0 Å². The van der Waals surface area contributed by atoms with Gasteiger partial charge in [-0.1, -0.05) is 13.0 Å². The highest BCUT2D eigenvalue weighted by Gasteiger charge is 2.30. The van der Waals surface area contributed by atoms with Crippen molar-refractivity contribution in [2.45, 2.75) is 20.3 Å². The van der Waals surface area contributed by atoms with Crippen LogP contribution in [-0.2, 0) is 16.0 Å². The molecule has 0 radical (unpaired) electrons. The van der Waals surface area contributed by atoms with Gasteiger partial charge in [-0.15, -0.1) is 0 Å². The second-order valence-electron chi connectivity index (χ2n) is 5.66. The van der Waals surface area contributed by atoms with Gasteiger partial charge in [-0.3, -0.25) is 14.5 Å². The summed E-state index contributed by atoms with van der Waals surface area (Å²) in [5.74, 6) is 0.413. The molecule has 0 saturated heterocycles. The topological polar surface area (TPSA) is 95.7 Å². The first-order chi connectivity index (χ1) is 12.0. The number of nitrogens with one attached hydrogen (secondary N) is 1. The molecule has 0 aliphatic carbocycles. The molecule has 1 aliphatic rings. The Bertz CT molecular complexity index is 854. The molecule has 0 saturated carbocycles. The van der Waals surface area contributed by atoms with Crippen LogP contribution in [0.15, 0.2) is 40.5 Å². The number of carbonyl (C=O) groups excluding carboxylic acids is 2. The molecule has 0 unspecified atom stereocenters. The summed E-state index contributed by atoms with van der Waals surface area (Å²) in [6.45, 7) is 3.60. The fourth-order valence-corrected chi connectivity index (χ4v) is 2.67. The lowest BCUT2D eigenvalue weighted by Crippen LogP contribution is -2.34. The summed E-state index contributed by atoms with van der Waals surface area (Å²) in [5.41, 5.74) is 2.50. The molecule has 2 heterocycles. The zero-order chi connectivity index (χ0) is 18.0. The van der Waals surface area contributed by atoms with Crippen molar-refractivity contribution in [1.82, 2.24) is 9.88 Å². The molecule has 3 rings (SSSR count). The maximum Gasteiger partial charge on any atom is 0.277 e. The van der Waals surface area contributed by atoms with Crippen molar-refractivity contribution in [1.29, 1.82) is 0 Å². The molecule has 0 bridgehead atoms. The van der Waals surface area contributed by atoms with Crippen LogP contribution in [0.1, 0.15) is 18.4 Å². The summed E-state index contributed by atoms with van der Waals surface area (Å²) in [6.07, 6.45) is 2.02.